The van der Waals surface area contributed by atoms with Crippen molar-refractivity contribution in [3.63, 3.8) is 0 Å². The smallest absolute Gasteiger partial charge is 0.340 e. The highest BCUT2D eigenvalue weighted by atomic mass is 16.7. The monoisotopic (exact) mass is 428 g/mol. The lowest BCUT2D eigenvalue weighted by atomic mass is 10.1. The van der Waals surface area contributed by atoms with Gasteiger partial charge in [-0.2, -0.15) is 0 Å². The van der Waals surface area contributed by atoms with Gasteiger partial charge in [0.2, 0.25) is 0 Å². The van der Waals surface area contributed by atoms with E-state index in [2.05, 4.69) is 6.58 Å². The molecule has 2 aromatic rings. The van der Waals surface area contributed by atoms with Crippen molar-refractivity contribution in [2.24, 2.45) is 0 Å². The SMILES string of the molecule is C=C(C)C(=O)OCCCCCCOc1ccc2cc(C(=O)OC(C)OCC)ccc2c1. The van der Waals surface area contributed by atoms with Crippen LogP contribution in [-0.4, -0.2) is 38.0 Å². The molecular weight excluding hydrogens is 396 g/mol. The van der Waals surface area contributed by atoms with E-state index in [0.717, 1.165) is 42.2 Å². The number of rotatable bonds is 13. The van der Waals surface area contributed by atoms with Crippen LogP contribution in [0.1, 0.15) is 56.8 Å². The first-order valence-electron chi connectivity index (χ1n) is 10.7. The largest absolute Gasteiger partial charge is 0.494 e. The fourth-order valence-corrected chi connectivity index (χ4v) is 2.96. The molecule has 0 aromatic heterocycles. The molecule has 6 nitrogen and oxygen atoms in total. The average Bonchev–Trinajstić information content (AvgIpc) is 2.74. The Morgan fingerprint density at radius 1 is 0.968 bits per heavy atom. The second-order valence-electron chi connectivity index (χ2n) is 7.33. The molecule has 2 aromatic carbocycles. The van der Waals surface area contributed by atoms with Crippen LogP contribution >= 0.6 is 0 Å². The Morgan fingerprint density at radius 3 is 2.35 bits per heavy atom. The van der Waals surface area contributed by atoms with Gasteiger partial charge < -0.3 is 18.9 Å². The van der Waals surface area contributed by atoms with E-state index in [1.54, 1.807) is 26.0 Å². The van der Waals surface area contributed by atoms with Gasteiger partial charge in [0.25, 0.3) is 0 Å². The Morgan fingerprint density at radius 2 is 1.65 bits per heavy atom. The maximum Gasteiger partial charge on any atom is 0.340 e. The van der Waals surface area contributed by atoms with Gasteiger partial charge in [0, 0.05) is 12.2 Å². The number of fused-ring (bicyclic) bond motifs is 1. The first-order chi connectivity index (χ1) is 14.9. The van der Waals surface area contributed by atoms with Gasteiger partial charge in [-0.3, -0.25) is 0 Å². The van der Waals surface area contributed by atoms with E-state index >= 15 is 0 Å². The molecule has 1 atom stereocenters. The number of ether oxygens (including phenoxy) is 4. The van der Waals surface area contributed by atoms with E-state index in [4.69, 9.17) is 18.9 Å². The molecule has 0 heterocycles. The van der Waals surface area contributed by atoms with Crippen molar-refractivity contribution in [1.82, 2.24) is 0 Å². The van der Waals surface area contributed by atoms with Crippen molar-refractivity contribution in [3.05, 3.63) is 54.1 Å². The fraction of sp³-hybridized carbons (Fsp3) is 0.440. The fourth-order valence-electron chi connectivity index (χ4n) is 2.96. The number of carbonyl (C=O) groups excluding carboxylic acids is 2. The normalized spacial score (nSPS) is 11.7. The van der Waals surface area contributed by atoms with Crippen molar-refractivity contribution >= 4 is 22.7 Å². The second kappa shape index (κ2) is 12.7. The number of hydrogen-bond acceptors (Lipinski definition) is 6. The summed E-state index contributed by atoms with van der Waals surface area (Å²) in [5.41, 5.74) is 0.915. The predicted octanol–water partition coefficient (Wildman–Crippen LogP) is 5.44. The van der Waals surface area contributed by atoms with Gasteiger partial charge in [-0.1, -0.05) is 18.7 Å². The van der Waals surface area contributed by atoms with Crippen molar-refractivity contribution in [2.45, 2.75) is 52.7 Å². The molecule has 168 valence electrons. The lowest BCUT2D eigenvalue weighted by Crippen LogP contribution is -2.18. The molecule has 0 aliphatic rings. The summed E-state index contributed by atoms with van der Waals surface area (Å²) in [5, 5.41) is 1.93. The van der Waals surface area contributed by atoms with Gasteiger partial charge in [-0.25, -0.2) is 9.59 Å². The summed E-state index contributed by atoms with van der Waals surface area (Å²) < 4.78 is 21.4. The van der Waals surface area contributed by atoms with Crippen molar-refractivity contribution < 1.29 is 28.5 Å². The Hall–Kier alpha value is -2.86. The zero-order valence-electron chi connectivity index (χ0n) is 18.6. The van der Waals surface area contributed by atoms with Crippen molar-refractivity contribution in [1.29, 1.82) is 0 Å². The minimum Gasteiger partial charge on any atom is -0.494 e. The van der Waals surface area contributed by atoms with Crippen molar-refractivity contribution in [3.8, 4) is 5.75 Å². The molecule has 0 aliphatic heterocycles. The number of esters is 2. The van der Waals surface area contributed by atoms with Gasteiger partial charge in [-0.05, 0) is 81.5 Å². The molecule has 0 fully saturated rings. The Kier molecular flexibility index (Phi) is 10.0. The summed E-state index contributed by atoms with van der Waals surface area (Å²) in [4.78, 5) is 23.5. The standard InChI is InChI=1S/C25H32O6/c1-5-28-19(4)31-25(27)22-11-10-21-17-23(13-12-20(21)16-22)29-14-8-6-7-9-15-30-24(26)18(2)3/h10-13,16-17,19H,2,5-9,14-15H2,1,3-4H3. The number of carbonyl (C=O) groups is 2. The Labute approximate surface area is 184 Å². The number of hydrogen-bond donors (Lipinski definition) is 0. The zero-order chi connectivity index (χ0) is 22.6. The number of benzene rings is 2. The van der Waals surface area contributed by atoms with Crippen LogP contribution in [0, 0.1) is 0 Å². The second-order valence-corrected chi connectivity index (χ2v) is 7.33. The topological polar surface area (TPSA) is 71.1 Å². The highest BCUT2D eigenvalue weighted by Gasteiger charge is 2.12. The van der Waals surface area contributed by atoms with E-state index in [1.807, 2.05) is 31.2 Å². The third kappa shape index (κ3) is 8.42. The summed E-state index contributed by atoms with van der Waals surface area (Å²) in [7, 11) is 0. The minimum absolute atomic E-state index is 0.330. The molecule has 0 spiro atoms. The molecule has 0 radical (unpaired) electrons. The van der Waals surface area contributed by atoms with Crippen LogP contribution in [0.15, 0.2) is 48.6 Å². The molecule has 0 saturated carbocycles. The molecule has 2 rings (SSSR count). The average molecular weight is 429 g/mol. The molecule has 31 heavy (non-hydrogen) atoms. The summed E-state index contributed by atoms with van der Waals surface area (Å²) in [6.07, 6.45) is 3.17. The minimum atomic E-state index is -0.574. The first-order valence-corrected chi connectivity index (χ1v) is 10.7. The van der Waals surface area contributed by atoms with Crippen LogP contribution in [0.5, 0.6) is 5.75 Å². The van der Waals surface area contributed by atoms with Gasteiger partial charge in [0.1, 0.15) is 5.75 Å². The molecule has 6 heteroatoms. The highest BCUT2D eigenvalue weighted by Crippen LogP contribution is 2.23. The van der Waals surface area contributed by atoms with Crippen LogP contribution in [0.2, 0.25) is 0 Å². The first kappa shape index (κ1) is 24.4. The maximum absolute atomic E-state index is 12.2. The third-order valence-electron chi connectivity index (χ3n) is 4.61. The summed E-state index contributed by atoms with van der Waals surface area (Å²) in [5.74, 6) is 0.0597. The van der Waals surface area contributed by atoms with Crippen LogP contribution in [0.4, 0.5) is 0 Å². The van der Waals surface area contributed by atoms with Gasteiger partial charge in [-0.15, -0.1) is 0 Å². The van der Waals surface area contributed by atoms with Crippen LogP contribution in [-0.2, 0) is 19.0 Å². The van der Waals surface area contributed by atoms with Crippen LogP contribution in [0.25, 0.3) is 10.8 Å². The summed E-state index contributed by atoms with van der Waals surface area (Å²) in [6.45, 7) is 10.3. The molecule has 0 N–H and O–H groups in total. The predicted molar refractivity (Wildman–Crippen MR) is 120 cm³/mol. The molecule has 0 aliphatic carbocycles. The van der Waals surface area contributed by atoms with Crippen LogP contribution < -0.4 is 4.74 Å². The van der Waals surface area contributed by atoms with E-state index < -0.39 is 12.3 Å². The highest BCUT2D eigenvalue weighted by molar-refractivity contribution is 5.95. The number of unbranched alkanes of at least 4 members (excludes halogenated alkanes) is 3. The maximum atomic E-state index is 12.2. The lowest BCUT2D eigenvalue weighted by molar-refractivity contribution is -0.139. The molecule has 0 amide bonds. The zero-order valence-corrected chi connectivity index (χ0v) is 18.6. The van der Waals surface area contributed by atoms with E-state index in [0.29, 0.717) is 31.0 Å². The summed E-state index contributed by atoms with van der Waals surface area (Å²) in [6, 6.07) is 11.2. The lowest BCUT2D eigenvalue weighted by Gasteiger charge is -2.13. The Bertz CT molecular complexity index is 889. The Balaban J connectivity index is 1.74. The van der Waals surface area contributed by atoms with E-state index in [1.165, 1.54) is 0 Å². The molecule has 0 bridgehead atoms. The molecule has 0 saturated heterocycles. The third-order valence-corrected chi connectivity index (χ3v) is 4.61. The van der Waals surface area contributed by atoms with Gasteiger partial charge in [0.05, 0.1) is 18.8 Å². The molecular formula is C25H32O6. The van der Waals surface area contributed by atoms with E-state index in [9.17, 15) is 9.59 Å². The van der Waals surface area contributed by atoms with Gasteiger partial charge in [0.15, 0.2) is 6.29 Å². The quantitative estimate of drug-likeness (QED) is 0.183. The van der Waals surface area contributed by atoms with Gasteiger partial charge >= 0.3 is 11.9 Å². The van der Waals surface area contributed by atoms with E-state index in [-0.39, 0.29) is 5.97 Å². The van der Waals surface area contributed by atoms with Crippen LogP contribution in [0.3, 0.4) is 0 Å². The summed E-state index contributed by atoms with van der Waals surface area (Å²) >= 11 is 0. The molecule has 1 unspecified atom stereocenters. The van der Waals surface area contributed by atoms with Crippen molar-refractivity contribution in [2.75, 3.05) is 19.8 Å².